The number of hydrogen-bond acceptors (Lipinski definition) is 4. The van der Waals surface area contributed by atoms with E-state index in [4.69, 9.17) is 5.73 Å². The minimum atomic E-state index is -3.49. The maximum atomic E-state index is 11.5. The summed E-state index contributed by atoms with van der Waals surface area (Å²) in [6.07, 6.45) is 3.07. The van der Waals surface area contributed by atoms with Gasteiger partial charge in [0.25, 0.3) is 0 Å². The SMILES string of the molecule is CS(=O)(=O)NC(=O)C1CCC(C(N)=O)CC1. The molecule has 1 rings (SSSR count). The van der Waals surface area contributed by atoms with Gasteiger partial charge in [0.05, 0.1) is 6.26 Å². The summed E-state index contributed by atoms with van der Waals surface area (Å²) in [6, 6.07) is 0. The first-order valence-corrected chi connectivity index (χ1v) is 6.99. The molecule has 0 spiro atoms. The van der Waals surface area contributed by atoms with Gasteiger partial charge in [-0.15, -0.1) is 0 Å². The summed E-state index contributed by atoms with van der Waals surface area (Å²) in [7, 11) is -3.49. The van der Waals surface area contributed by atoms with E-state index in [-0.39, 0.29) is 17.7 Å². The van der Waals surface area contributed by atoms with E-state index in [1.165, 1.54) is 0 Å². The highest BCUT2D eigenvalue weighted by Gasteiger charge is 2.29. The Labute approximate surface area is 94.6 Å². The van der Waals surface area contributed by atoms with E-state index in [0.29, 0.717) is 25.7 Å². The van der Waals surface area contributed by atoms with Gasteiger partial charge in [-0.1, -0.05) is 0 Å². The average Bonchev–Trinajstić information content (AvgIpc) is 2.15. The van der Waals surface area contributed by atoms with Crippen molar-refractivity contribution in [2.45, 2.75) is 25.7 Å². The topological polar surface area (TPSA) is 106 Å². The molecule has 0 heterocycles. The molecular weight excluding hydrogens is 232 g/mol. The minimum Gasteiger partial charge on any atom is -0.369 e. The van der Waals surface area contributed by atoms with Crippen LogP contribution in [0, 0.1) is 11.8 Å². The summed E-state index contributed by atoms with van der Waals surface area (Å²) in [4.78, 5) is 22.4. The predicted molar refractivity (Wildman–Crippen MR) is 57.6 cm³/mol. The summed E-state index contributed by atoms with van der Waals surface area (Å²) < 4.78 is 23.7. The number of carbonyl (C=O) groups is 2. The van der Waals surface area contributed by atoms with Gasteiger partial charge in [0.1, 0.15) is 0 Å². The Morgan fingerprint density at radius 2 is 1.56 bits per heavy atom. The van der Waals surface area contributed by atoms with E-state index in [1.54, 1.807) is 0 Å². The van der Waals surface area contributed by atoms with Crippen LogP contribution in [0.4, 0.5) is 0 Å². The van der Waals surface area contributed by atoms with E-state index in [0.717, 1.165) is 6.26 Å². The van der Waals surface area contributed by atoms with Gasteiger partial charge in [-0.3, -0.25) is 14.3 Å². The maximum absolute atomic E-state index is 11.5. The number of nitrogens with one attached hydrogen (secondary N) is 1. The molecule has 0 aromatic carbocycles. The zero-order valence-corrected chi connectivity index (χ0v) is 9.92. The molecule has 6 nitrogen and oxygen atoms in total. The predicted octanol–water partition coefficient (Wildman–Crippen LogP) is -0.646. The highest BCUT2D eigenvalue weighted by atomic mass is 32.2. The number of primary amides is 1. The van der Waals surface area contributed by atoms with Crippen molar-refractivity contribution >= 4 is 21.8 Å². The zero-order valence-electron chi connectivity index (χ0n) is 9.10. The second-order valence-electron chi connectivity index (χ2n) is 4.19. The molecule has 0 bridgehead atoms. The van der Waals surface area contributed by atoms with Crippen molar-refractivity contribution in [3.63, 3.8) is 0 Å². The molecule has 0 radical (unpaired) electrons. The molecule has 0 aliphatic heterocycles. The molecule has 16 heavy (non-hydrogen) atoms. The second kappa shape index (κ2) is 4.82. The zero-order chi connectivity index (χ0) is 12.3. The van der Waals surface area contributed by atoms with Gasteiger partial charge >= 0.3 is 0 Å². The molecule has 92 valence electrons. The van der Waals surface area contributed by atoms with Gasteiger partial charge in [-0.2, -0.15) is 0 Å². The van der Waals surface area contributed by atoms with E-state index < -0.39 is 15.9 Å². The Morgan fingerprint density at radius 1 is 1.12 bits per heavy atom. The number of sulfonamides is 1. The lowest BCUT2D eigenvalue weighted by Crippen LogP contribution is -2.38. The fraction of sp³-hybridized carbons (Fsp3) is 0.778. The van der Waals surface area contributed by atoms with Gasteiger partial charge < -0.3 is 5.73 Å². The molecular formula is C9H16N2O4S. The van der Waals surface area contributed by atoms with Crippen molar-refractivity contribution in [2.24, 2.45) is 17.6 Å². The van der Waals surface area contributed by atoms with Gasteiger partial charge in [0.2, 0.25) is 21.8 Å². The first-order valence-electron chi connectivity index (χ1n) is 5.10. The highest BCUT2D eigenvalue weighted by molar-refractivity contribution is 7.89. The molecule has 2 amide bonds. The number of nitrogens with two attached hydrogens (primary N) is 1. The molecule has 0 atom stereocenters. The smallest absolute Gasteiger partial charge is 0.236 e. The third-order valence-electron chi connectivity index (χ3n) is 2.79. The molecule has 7 heteroatoms. The fourth-order valence-electron chi connectivity index (χ4n) is 1.91. The number of rotatable bonds is 3. The Bertz CT molecular complexity index is 382. The van der Waals surface area contributed by atoms with Crippen LogP contribution in [0.15, 0.2) is 0 Å². The summed E-state index contributed by atoms with van der Waals surface area (Å²) in [5, 5.41) is 0. The number of amides is 2. The Balaban J connectivity index is 2.48. The van der Waals surface area contributed by atoms with Crippen LogP contribution >= 0.6 is 0 Å². The monoisotopic (exact) mass is 248 g/mol. The van der Waals surface area contributed by atoms with Crippen LogP contribution in [0.1, 0.15) is 25.7 Å². The molecule has 0 aromatic heterocycles. The van der Waals surface area contributed by atoms with Crippen molar-refractivity contribution in [3.05, 3.63) is 0 Å². The van der Waals surface area contributed by atoms with E-state index >= 15 is 0 Å². The first kappa shape index (κ1) is 13.0. The lowest BCUT2D eigenvalue weighted by Gasteiger charge is -2.25. The molecule has 3 N–H and O–H groups in total. The fourth-order valence-corrected chi connectivity index (χ4v) is 2.44. The van der Waals surface area contributed by atoms with Crippen LogP contribution in [-0.4, -0.2) is 26.5 Å². The van der Waals surface area contributed by atoms with Crippen molar-refractivity contribution < 1.29 is 18.0 Å². The van der Waals surface area contributed by atoms with E-state index in [9.17, 15) is 18.0 Å². The lowest BCUT2D eigenvalue weighted by molar-refractivity contribution is -0.127. The van der Waals surface area contributed by atoms with Crippen LogP contribution < -0.4 is 10.5 Å². The third-order valence-corrected chi connectivity index (χ3v) is 3.36. The van der Waals surface area contributed by atoms with Gasteiger partial charge in [0.15, 0.2) is 0 Å². The summed E-state index contributed by atoms with van der Waals surface area (Å²) in [6.45, 7) is 0. The van der Waals surface area contributed by atoms with Gasteiger partial charge in [-0.25, -0.2) is 8.42 Å². The summed E-state index contributed by atoms with van der Waals surface area (Å²) in [5.74, 6) is -1.33. The standard InChI is InChI=1S/C9H16N2O4S/c1-16(14,15)11-9(13)7-4-2-6(3-5-7)8(10)12/h6-7H,2-5H2,1H3,(H2,10,12)(H,11,13). The Morgan fingerprint density at radius 3 is 1.94 bits per heavy atom. The second-order valence-corrected chi connectivity index (χ2v) is 5.94. The molecule has 1 aliphatic carbocycles. The van der Waals surface area contributed by atoms with Crippen molar-refractivity contribution in [1.29, 1.82) is 0 Å². The van der Waals surface area contributed by atoms with Crippen LogP contribution in [0.3, 0.4) is 0 Å². The van der Waals surface area contributed by atoms with Gasteiger partial charge in [0, 0.05) is 11.8 Å². The molecule has 1 aliphatic rings. The number of carbonyl (C=O) groups excluding carboxylic acids is 2. The Kier molecular flexibility index (Phi) is 3.90. The molecule has 1 saturated carbocycles. The van der Waals surface area contributed by atoms with Crippen LogP contribution in [0.5, 0.6) is 0 Å². The maximum Gasteiger partial charge on any atom is 0.236 e. The molecule has 0 aromatic rings. The molecule has 0 unspecified atom stereocenters. The Hall–Kier alpha value is -1.11. The van der Waals surface area contributed by atoms with Gasteiger partial charge in [-0.05, 0) is 25.7 Å². The van der Waals surface area contributed by atoms with E-state index in [2.05, 4.69) is 0 Å². The molecule has 1 fully saturated rings. The van der Waals surface area contributed by atoms with Crippen molar-refractivity contribution in [2.75, 3.05) is 6.26 Å². The van der Waals surface area contributed by atoms with Crippen LogP contribution in [-0.2, 0) is 19.6 Å². The van der Waals surface area contributed by atoms with Crippen LogP contribution in [0.25, 0.3) is 0 Å². The highest BCUT2D eigenvalue weighted by Crippen LogP contribution is 2.28. The molecule has 0 saturated heterocycles. The normalized spacial score (nSPS) is 26.1. The summed E-state index contributed by atoms with van der Waals surface area (Å²) >= 11 is 0. The lowest BCUT2D eigenvalue weighted by atomic mass is 9.81. The third kappa shape index (κ3) is 3.80. The number of hydrogen-bond donors (Lipinski definition) is 2. The largest absolute Gasteiger partial charge is 0.369 e. The van der Waals surface area contributed by atoms with E-state index in [1.807, 2.05) is 4.72 Å². The van der Waals surface area contributed by atoms with Crippen molar-refractivity contribution in [3.8, 4) is 0 Å². The van der Waals surface area contributed by atoms with Crippen LogP contribution in [0.2, 0.25) is 0 Å². The summed E-state index contributed by atoms with van der Waals surface area (Å²) in [5.41, 5.74) is 5.16. The minimum absolute atomic E-state index is 0.178. The first-order chi connectivity index (χ1) is 7.29. The quantitative estimate of drug-likeness (QED) is 0.692. The average molecular weight is 248 g/mol. The van der Waals surface area contributed by atoms with Crippen molar-refractivity contribution in [1.82, 2.24) is 4.72 Å².